The minimum Gasteiger partial charge on any atom is -0.481 e. The first-order valence-corrected chi connectivity index (χ1v) is 5.41. The Hall–Kier alpha value is -1.52. The predicted molar refractivity (Wildman–Crippen MR) is 61.2 cm³/mol. The predicted octanol–water partition coefficient (Wildman–Crippen LogP) is 1.29. The molecule has 0 aliphatic carbocycles. The molecule has 0 saturated heterocycles. The summed E-state index contributed by atoms with van der Waals surface area (Å²) in [5.41, 5.74) is 5.95. The number of carboxylic acids is 1. The second kappa shape index (κ2) is 5.01. The topological polar surface area (TPSA) is 84.9 Å². The van der Waals surface area contributed by atoms with Gasteiger partial charge in [-0.05, 0) is 19.8 Å². The Labute approximate surface area is 95.0 Å². The Bertz CT molecular complexity index is 336. The average molecular weight is 226 g/mol. The summed E-state index contributed by atoms with van der Waals surface area (Å²) in [7, 11) is 0. The van der Waals surface area contributed by atoms with Gasteiger partial charge in [-0.3, -0.25) is 9.79 Å². The third-order valence-electron chi connectivity index (χ3n) is 2.67. The van der Waals surface area contributed by atoms with Gasteiger partial charge in [0.05, 0.1) is 5.71 Å². The van der Waals surface area contributed by atoms with E-state index < -0.39 is 11.6 Å². The maximum absolute atomic E-state index is 10.3. The van der Waals surface area contributed by atoms with Crippen LogP contribution in [-0.2, 0) is 9.53 Å². The molecule has 0 aromatic heterocycles. The standard InChI is InChI=1S/C11H18N2O3/c1-3-11(2)8(7-9(12)16-11)13-6-4-5-10(14)15/h7H,3-6,12H2,1-2H3,(H,14,15). The molecule has 1 aliphatic rings. The zero-order valence-corrected chi connectivity index (χ0v) is 9.69. The van der Waals surface area contributed by atoms with E-state index in [1.54, 1.807) is 6.08 Å². The van der Waals surface area contributed by atoms with Crippen molar-refractivity contribution in [2.75, 3.05) is 6.54 Å². The van der Waals surface area contributed by atoms with Crippen molar-refractivity contribution in [3.63, 3.8) is 0 Å². The molecule has 1 aliphatic heterocycles. The Morgan fingerprint density at radius 2 is 2.38 bits per heavy atom. The van der Waals surface area contributed by atoms with Crippen LogP contribution in [0.4, 0.5) is 0 Å². The van der Waals surface area contributed by atoms with Crippen LogP contribution in [0.3, 0.4) is 0 Å². The van der Waals surface area contributed by atoms with E-state index in [-0.39, 0.29) is 6.42 Å². The van der Waals surface area contributed by atoms with Crippen LogP contribution in [0.25, 0.3) is 0 Å². The fourth-order valence-electron chi connectivity index (χ4n) is 1.53. The molecule has 0 amide bonds. The van der Waals surface area contributed by atoms with Crippen LogP contribution >= 0.6 is 0 Å². The number of carboxylic acid groups (broad SMARTS) is 1. The van der Waals surface area contributed by atoms with E-state index in [9.17, 15) is 4.79 Å². The van der Waals surface area contributed by atoms with Crippen molar-refractivity contribution in [1.29, 1.82) is 0 Å². The first-order chi connectivity index (χ1) is 7.48. The third kappa shape index (κ3) is 2.98. The van der Waals surface area contributed by atoms with E-state index >= 15 is 0 Å². The van der Waals surface area contributed by atoms with Crippen LogP contribution in [0, 0.1) is 0 Å². The van der Waals surface area contributed by atoms with Crippen LogP contribution in [0.5, 0.6) is 0 Å². The summed E-state index contributed by atoms with van der Waals surface area (Å²) in [5.74, 6) is -0.419. The number of aliphatic imine (C=N–C) groups is 1. The largest absolute Gasteiger partial charge is 0.481 e. The van der Waals surface area contributed by atoms with Crippen molar-refractivity contribution in [3.8, 4) is 0 Å². The van der Waals surface area contributed by atoms with Crippen molar-refractivity contribution in [1.82, 2.24) is 0 Å². The number of rotatable bonds is 5. The van der Waals surface area contributed by atoms with Gasteiger partial charge in [0.15, 0.2) is 5.88 Å². The van der Waals surface area contributed by atoms with Crippen molar-refractivity contribution >= 4 is 11.7 Å². The number of aliphatic carboxylic acids is 1. The highest BCUT2D eigenvalue weighted by atomic mass is 16.5. The second-order valence-corrected chi connectivity index (χ2v) is 4.00. The summed E-state index contributed by atoms with van der Waals surface area (Å²) in [5, 5.41) is 8.49. The number of ether oxygens (including phenoxy) is 1. The van der Waals surface area contributed by atoms with E-state index in [4.69, 9.17) is 15.6 Å². The van der Waals surface area contributed by atoms with Crippen LogP contribution in [0.2, 0.25) is 0 Å². The zero-order chi connectivity index (χ0) is 12.2. The molecule has 0 aromatic rings. The maximum atomic E-state index is 10.3. The lowest BCUT2D eigenvalue weighted by molar-refractivity contribution is -0.137. The minimum atomic E-state index is -0.795. The molecule has 90 valence electrons. The van der Waals surface area contributed by atoms with Gasteiger partial charge in [0, 0.05) is 19.0 Å². The number of carbonyl (C=O) groups is 1. The van der Waals surface area contributed by atoms with Gasteiger partial charge in [-0.2, -0.15) is 0 Å². The fourth-order valence-corrected chi connectivity index (χ4v) is 1.53. The van der Waals surface area contributed by atoms with Crippen molar-refractivity contribution in [2.45, 2.75) is 38.7 Å². The van der Waals surface area contributed by atoms with Gasteiger partial charge in [0.1, 0.15) is 5.60 Å². The number of nitrogens with zero attached hydrogens (tertiary/aromatic N) is 1. The van der Waals surface area contributed by atoms with E-state index in [2.05, 4.69) is 4.99 Å². The van der Waals surface area contributed by atoms with Crippen molar-refractivity contribution < 1.29 is 14.6 Å². The second-order valence-electron chi connectivity index (χ2n) is 4.00. The van der Waals surface area contributed by atoms with Gasteiger partial charge in [0.25, 0.3) is 0 Å². The number of hydrogen-bond acceptors (Lipinski definition) is 4. The molecule has 0 radical (unpaired) electrons. The third-order valence-corrected chi connectivity index (χ3v) is 2.67. The highest BCUT2D eigenvalue weighted by Gasteiger charge is 2.35. The lowest BCUT2D eigenvalue weighted by atomic mass is 9.98. The lowest BCUT2D eigenvalue weighted by Crippen LogP contribution is -2.32. The van der Waals surface area contributed by atoms with Crippen LogP contribution in [0.15, 0.2) is 17.0 Å². The van der Waals surface area contributed by atoms with E-state index in [0.717, 1.165) is 12.1 Å². The normalized spacial score (nSPS) is 26.6. The van der Waals surface area contributed by atoms with Crippen molar-refractivity contribution in [3.05, 3.63) is 12.0 Å². The molecule has 0 saturated carbocycles. The van der Waals surface area contributed by atoms with Gasteiger partial charge in [-0.1, -0.05) is 6.92 Å². The van der Waals surface area contributed by atoms with Gasteiger partial charge >= 0.3 is 5.97 Å². The van der Waals surface area contributed by atoms with Crippen LogP contribution < -0.4 is 5.73 Å². The minimum absolute atomic E-state index is 0.139. The first kappa shape index (κ1) is 12.5. The first-order valence-electron chi connectivity index (χ1n) is 5.41. The quantitative estimate of drug-likeness (QED) is 0.692. The smallest absolute Gasteiger partial charge is 0.303 e. The van der Waals surface area contributed by atoms with E-state index in [1.807, 2.05) is 13.8 Å². The Morgan fingerprint density at radius 1 is 1.69 bits per heavy atom. The number of hydrogen-bond donors (Lipinski definition) is 2. The summed E-state index contributed by atoms with van der Waals surface area (Å²) in [6, 6.07) is 0. The molecule has 0 aromatic carbocycles. The Kier molecular flexibility index (Phi) is 3.93. The molecule has 0 bridgehead atoms. The van der Waals surface area contributed by atoms with Crippen LogP contribution in [0.1, 0.15) is 33.1 Å². The van der Waals surface area contributed by atoms with Crippen molar-refractivity contribution in [2.24, 2.45) is 10.7 Å². The monoisotopic (exact) mass is 226 g/mol. The average Bonchev–Trinajstić information content (AvgIpc) is 2.49. The van der Waals surface area contributed by atoms with Crippen LogP contribution in [-0.4, -0.2) is 28.9 Å². The highest BCUT2D eigenvalue weighted by molar-refractivity contribution is 6.03. The Balaban J connectivity index is 2.56. The van der Waals surface area contributed by atoms with E-state index in [1.165, 1.54) is 0 Å². The molecule has 0 fully saturated rings. The fraction of sp³-hybridized carbons (Fsp3) is 0.636. The molecule has 0 spiro atoms. The molecule has 1 unspecified atom stereocenters. The molecule has 5 nitrogen and oxygen atoms in total. The van der Waals surface area contributed by atoms with Gasteiger partial charge in [-0.15, -0.1) is 0 Å². The number of nitrogens with two attached hydrogens (primary N) is 1. The summed E-state index contributed by atoms with van der Waals surface area (Å²) in [6.07, 6.45) is 3.16. The summed E-state index contributed by atoms with van der Waals surface area (Å²) >= 11 is 0. The lowest BCUT2D eigenvalue weighted by Gasteiger charge is -2.23. The van der Waals surface area contributed by atoms with Gasteiger partial charge in [-0.25, -0.2) is 0 Å². The summed E-state index contributed by atoms with van der Waals surface area (Å²) in [4.78, 5) is 14.7. The summed E-state index contributed by atoms with van der Waals surface area (Å²) < 4.78 is 5.48. The summed E-state index contributed by atoms with van der Waals surface area (Å²) in [6.45, 7) is 4.42. The molecule has 16 heavy (non-hydrogen) atoms. The zero-order valence-electron chi connectivity index (χ0n) is 9.69. The maximum Gasteiger partial charge on any atom is 0.303 e. The molecule has 5 heteroatoms. The molecule has 3 N–H and O–H groups in total. The highest BCUT2D eigenvalue weighted by Crippen LogP contribution is 2.26. The van der Waals surface area contributed by atoms with Gasteiger partial charge in [0.2, 0.25) is 0 Å². The molecule has 1 heterocycles. The SMILES string of the molecule is CCC1(C)OC(N)=CC1=NCCCC(=O)O. The Morgan fingerprint density at radius 3 is 2.94 bits per heavy atom. The molecule has 1 rings (SSSR count). The molecule has 1 atom stereocenters. The van der Waals surface area contributed by atoms with Gasteiger partial charge < -0.3 is 15.6 Å². The van der Waals surface area contributed by atoms with E-state index in [0.29, 0.717) is 18.8 Å². The molecular weight excluding hydrogens is 208 g/mol. The molecular formula is C11H18N2O3.